The number of nitrogens with one attached hydrogen (secondary N) is 1. The van der Waals surface area contributed by atoms with Gasteiger partial charge in [0.25, 0.3) is 5.91 Å². The Morgan fingerprint density at radius 3 is 2.46 bits per heavy atom. The molecule has 136 valence electrons. The van der Waals surface area contributed by atoms with Crippen LogP contribution in [0.1, 0.15) is 10.4 Å². The van der Waals surface area contributed by atoms with Crippen molar-refractivity contribution in [3.63, 3.8) is 0 Å². The first kappa shape index (κ1) is 17.5. The van der Waals surface area contributed by atoms with E-state index < -0.39 is 0 Å². The summed E-state index contributed by atoms with van der Waals surface area (Å²) in [4.78, 5) is 32.2. The molecular formula is C18H20N4O4. The predicted molar refractivity (Wildman–Crippen MR) is 95.4 cm³/mol. The van der Waals surface area contributed by atoms with E-state index in [0.717, 1.165) is 0 Å². The first-order valence-electron chi connectivity index (χ1n) is 8.21. The smallest absolute Gasteiger partial charge is 0.322 e. The number of hydrogen-bond acceptors (Lipinski definition) is 5. The molecule has 3 rings (SSSR count). The Morgan fingerprint density at radius 1 is 1.12 bits per heavy atom. The first-order valence-corrected chi connectivity index (χ1v) is 8.21. The number of phenols is 1. The van der Waals surface area contributed by atoms with E-state index in [0.29, 0.717) is 43.3 Å². The minimum Gasteiger partial charge on any atom is -0.508 e. The predicted octanol–water partition coefficient (Wildman–Crippen LogP) is 1.79. The summed E-state index contributed by atoms with van der Waals surface area (Å²) < 4.78 is 4.98. The van der Waals surface area contributed by atoms with E-state index in [1.54, 1.807) is 34.1 Å². The van der Waals surface area contributed by atoms with Gasteiger partial charge in [0, 0.05) is 37.8 Å². The molecular weight excluding hydrogens is 336 g/mol. The second-order valence-corrected chi connectivity index (χ2v) is 5.85. The van der Waals surface area contributed by atoms with Crippen LogP contribution in [0.5, 0.6) is 11.6 Å². The summed E-state index contributed by atoms with van der Waals surface area (Å²) in [7, 11) is 1.53. The number of aromatic hydroxyl groups is 1. The zero-order valence-electron chi connectivity index (χ0n) is 14.4. The van der Waals surface area contributed by atoms with Gasteiger partial charge in [0.05, 0.1) is 19.0 Å². The van der Waals surface area contributed by atoms with Gasteiger partial charge in [-0.15, -0.1) is 0 Å². The summed E-state index contributed by atoms with van der Waals surface area (Å²) in [5.41, 5.74) is 1.02. The number of aromatic nitrogens is 1. The van der Waals surface area contributed by atoms with Gasteiger partial charge in [-0.1, -0.05) is 6.07 Å². The quantitative estimate of drug-likeness (QED) is 0.874. The van der Waals surface area contributed by atoms with Gasteiger partial charge in [0.15, 0.2) is 0 Å². The summed E-state index contributed by atoms with van der Waals surface area (Å²) in [6, 6.07) is 9.41. The lowest BCUT2D eigenvalue weighted by Crippen LogP contribution is -2.51. The zero-order chi connectivity index (χ0) is 18.5. The number of benzene rings is 1. The van der Waals surface area contributed by atoms with E-state index >= 15 is 0 Å². The monoisotopic (exact) mass is 356 g/mol. The van der Waals surface area contributed by atoms with Crippen LogP contribution in [0.3, 0.4) is 0 Å². The fraction of sp³-hybridized carbons (Fsp3) is 0.278. The summed E-state index contributed by atoms with van der Waals surface area (Å²) in [6.45, 7) is 1.73. The van der Waals surface area contributed by atoms with Gasteiger partial charge in [0.2, 0.25) is 5.88 Å². The number of ether oxygens (including phenoxy) is 1. The van der Waals surface area contributed by atoms with E-state index in [1.165, 1.54) is 25.4 Å². The van der Waals surface area contributed by atoms with Crippen LogP contribution in [0.25, 0.3) is 0 Å². The molecule has 0 aliphatic carbocycles. The number of carbonyl (C=O) groups excluding carboxylic acids is 2. The molecule has 1 saturated heterocycles. The minimum atomic E-state index is -0.235. The molecule has 0 radical (unpaired) electrons. The maximum Gasteiger partial charge on any atom is 0.322 e. The lowest BCUT2D eigenvalue weighted by atomic mass is 10.1. The number of anilines is 1. The number of piperazine rings is 1. The fourth-order valence-corrected chi connectivity index (χ4v) is 2.71. The molecule has 1 fully saturated rings. The zero-order valence-corrected chi connectivity index (χ0v) is 14.4. The van der Waals surface area contributed by atoms with Crippen LogP contribution in [0.15, 0.2) is 42.6 Å². The highest BCUT2D eigenvalue weighted by molar-refractivity contribution is 5.95. The summed E-state index contributed by atoms with van der Waals surface area (Å²) in [5, 5.41) is 12.3. The van der Waals surface area contributed by atoms with Crippen molar-refractivity contribution in [1.29, 1.82) is 0 Å². The van der Waals surface area contributed by atoms with Gasteiger partial charge in [-0.25, -0.2) is 9.78 Å². The van der Waals surface area contributed by atoms with Crippen molar-refractivity contribution in [1.82, 2.24) is 14.8 Å². The maximum atomic E-state index is 12.5. The van der Waals surface area contributed by atoms with Gasteiger partial charge in [-0.05, 0) is 24.3 Å². The fourth-order valence-electron chi connectivity index (χ4n) is 2.71. The molecule has 2 aromatic rings. The average Bonchev–Trinajstić information content (AvgIpc) is 2.68. The molecule has 1 aromatic carbocycles. The molecule has 1 aliphatic rings. The SMILES string of the molecule is COc1ccc(NC(=O)N2CCN(C(=O)c3cccc(O)c3)CC2)cn1. The third-order valence-electron chi connectivity index (χ3n) is 4.14. The molecule has 0 atom stereocenters. The largest absolute Gasteiger partial charge is 0.508 e. The Labute approximate surface area is 151 Å². The van der Waals surface area contributed by atoms with Crippen molar-refractivity contribution in [2.75, 3.05) is 38.6 Å². The second kappa shape index (κ2) is 7.73. The van der Waals surface area contributed by atoms with Gasteiger partial charge in [-0.3, -0.25) is 4.79 Å². The first-order chi connectivity index (χ1) is 12.6. The highest BCUT2D eigenvalue weighted by atomic mass is 16.5. The van der Waals surface area contributed by atoms with Crippen LogP contribution < -0.4 is 10.1 Å². The average molecular weight is 356 g/mol. The van der Waals surface area contributed by atoms with Crippen molar-refractivity contribution in [2.24, 2.45) is 0 Å². The molecule has 1 aromatic heterocycles. The van der Waals surface area contributed by atoms with Crippen molar-refractivity contribution >= 4 is 17.6 Å². The van der Waals surface area contributed by atoms with E-state index in [2.05, 4.69) is 10.3 Å². The number of hydrogen-bond donors (Lipinski definition) is 2. The highest BCUT2D eigenvalue weighted by Crippen LogP contribution is 2.16. The normalized spacial score (nSPS) is 14.0. The standard InChI is InChI=1S/C18H20N4O4/c1-26-16-6-5-14(12-19-16)20-18(25)22-9-7-21(8-10-22)17(24)13-3-2-4-15(23)11-13/h2-6,11-12,23H,7-10H2,1H3,(H,20,25). The van der Waals surface area contributed by atoms with Gasteiger partial charge >= 0.3 is 6.03 Å². The Kier molecular flexibility index (Phi) is 5.21. The van der Waals surface area contributed by atoms with Gasteiger partial charge < -0.3 is 25.0 Å². The number of carbonyl (C=O) groups is 2. The summed E-state index contributed by atoms with van der Waals surface area (Å²) in [5.74, 6) is 0.379. The van der Waals surface area contributed by atoms with Crippen LogP contribution in [-0.2, 0) is 0 Å². The highest BCUT2D eigenvalue weighted by Gasteiger charge is 2.25. The number of amides is 3. The third kappa shape index (κ3) is 4.02. The molecule has 2 heterocycles. The minimum absolute atomic E-state index is 0.0574. The van der Waals surface area contributed by atoms with Crippen LogP contribution in [0, 0.1) is 0 Å². The van der Waals surface area contributed by atoms with E-state index in [-0.39, 0.29) is 17.7 Å². The molecule has 0 bridgehead atoms. The second-order valence-electron chi connectivity index (χ2n) is 5.85. The lowest BCUT2D eigenvalue weighted by Gasteiger charge is -2.34. The Morgan fingerprint density at radius 2 is 1.85 bits per heavy atom. The number of rotatable bonds is 3. The Bertz CT molecular complexity index is 786. The molecule has 0 saturated carbocycles. The van der Waals surface area contributed by atoms with Crippen LogP contribution in [0.4, 0.5) is 10.5 Å². The van der Waals surface area contributed by atoms with Crippen molar-refractivity contribution < 1.29 is 19.4 Å². The molecule has 2 N–H and O–H groups in total. The van der Waals surface area contributed by atoms with E-state index in [4.69, 9.17) is 4.74 Å². The molecule has 26 heavy (non-hydrogen) atoms. The topological polar surface area (TPSA) is 95.0 Å². The van der Waals surface area contributed by atoms with Gasteiger partial charge in [0.1, 0.15) is 5.75 Å². The maximum absolute atomic E-state index is 12.5. The summed E-state index contributed by atoms with van der Waals surface area (Å²) >= 11 is 0. The number of nitrogens with zero attached hydrogens (tertiary/aromatic N) is 3. The Hall–Kier alpha value is -3.29. The number of pyridine rings is 1. The van der Waals surface area contributed by atoms with Crippen molar-refractivity contribution in [3.05, 3.63) is 48.2 Å². The molecule has 3 amide bonds. The number of urea groups is 1. The molecule has 0 unspecified atom stereocenters. The van der Waals surface area contributed by atoms with E-state index in [1.807, 2.05) is 0 Å². The van der Waals surface area contributed by atoms with Crippen LogP contribution in [-0.4, -0.2) is 65.1 Å². The van der Waals surface area contributed by atoms with E-state index in [9.17, 15) is 14.7 Å². The molecule has 8 heteroatoms. The van der Waals surface area contributed by atoms with Crippen molar-refractivity contribution in [2.45, 2.75) is 0 Å². The third-order valence-corrected chi connectivity index (χ3v) is 4.14. The van der Waals surface area contributed by atoms with Gasteiger partial charge in [-0.2, -0.15) is 0 Å². The lowest BCUT2D eigenvalue weighted by molar-refractivity contribution is 0.0671. The molecule has 1 aliphatic heterocycles. The summed E-state index contributed by atoms with van der Waals surface area (Å²) in [6.07, 6.45) is 1.53. The molecule has 8 nitrogen and oxygen atoms in total. The molecule has 0 spiro atoms. The number of methoxy groups -OCH3 is 1. The Balaban J connectivity index is 1.54. The number of phenolic OH excluding ortho intramolecular Hbond substituents is 1. The van der Waals surface area contributed by atoms with Crippen LogP contribution in [0.2, 0.25) is 0 Å². The van der Waals surface area contributed by atoms with Crippen LogP contribution >= 0.6 is 0 Å². The van der Waals surface area contributed by atoms with Crippen molar-refractivity contribution in [3.8, 4) is 11.6 Å².